The van der Waals surface area contributed by atoms with Crippen LogP contribution < -0.4 is 0 Å². The monoisotopic (exact) mass is 297 g/mol. The van der Waals surface area contributed by atoms with Gasteiger partial charge in [0, 0.05) is 18.0 Å². The maximum atomic E-state index is 12.5. The van der Waals surface area contributed by atoms with Crippen LogP contribution in [0.25, 0.3) is 0 Å². The number of rotatable bonds is 1. The van der Waals surface area contributed by atoms with E-state index in [1.165, 1.54) is 0 Å². The summed E-state index contributed by atoms with van der Waals surface area (Å²) in [6, 6.07) is 0.218. The van der Waals surface area contributed by atoms with Crippen LogP contribution in [-0.2, 0) is 9.47 Å². The molecule has 2 unspecified atom stereocenters. The Hall–Kier alpha value is -0.810. The number of hydrogen-bond donors (Lipinski definition) is 1. The van der Waals surface area contributed by atoms with Gasteiger partial charge in [0.15, 0.2) is 0 Å². The van der Waals surface area contributed by atoms with Crippen molar-refractivity contribution in [1.82, 2.24) is 4.90 Å². The molecule has 3 saturated heterocycles. The van der Waals surface area contributed by atoms with Crippen LogP contribution in [0.2, 0.25) is 0 Å². The Bertz CT molecular complexity index is 399. The van der Waals surface area contributed by atoms with Crippen molar-refractivity contribution in [3.63, 3.8) is 0 Å². The molecule has 0 saturated carbocycles. The van der Waals surface area contributed by atoms with Gasteiger partial charge in [-0.3, -0.25) is 0 Å². The fourth-order valence-corrected chi connectivity index (χ4v) is 3.96. The average Bonchev–Trinajstić information content (AvgIpc) is 2.21. The van der Waals surface area contributed by atoms with Gasteiger partial charge in [-0.15, -0.1) is 0 Å². The van der Waals surface area contributed by atoms with E-state index in [-0.39, 0.29) is 24.1 Å². The number of piperidine rings is 2. The second kappa shape index (κ2) is 5.13. The van der Waals surface area contributed by atoms with E-state index in [4.69, 9.17) is 9.47 Å². The van der Waals surface area contributed by atoms with Gasteiger partial charge in [-0.25, -0.2) is 4.79 Å². The molecular formula is C16H27NO4. The van der Waals surface area contributed by atoms with E-state index in [1.54, 1.807) is 0 Å². The summed E-state index contributed by atoms with van der Waals surface area (Å²) in [5.74, 6) is 0.237. The standard InChI is InChI=1S/C16H27NO4/c1-15(2,3)21-14(18)17-12-5-4-6-13(17)8-16(19,7-12)11-9-20-10-11/h11-13,19H,4-10H2,1-3H3. The van der Waals surface area contributed by atoms with Crippen LogP contribution in [0.3, 0.4) is 0 Å². The first-order valence-corrected chi connectivity index (χ1v) is 8.10. The third-order valence-electron chi connectivity index (χ3n) is 5.04. The lowest BCUT2D eigenvalue weighted by molar-refractivity contribution is -0.186. The zero-order chi connectivity index (χ0) is 15.3. The molecule has 3 rings (SSSR count). The number of amides is 1. The SMILES string of the molecule is CC(C)(C)OC(=O)N1C2CCCC1CC(O)(C1COC1)C2. The summed E-state index contributed by atoms with van der Waals surface area (Å²) in [6.07, 6.45) is 4.17. The highest BCUT2D eigenvalue weighted by molar-refractivity contribution is 5.69. The van der Waals surface area contributed by atoms with Crippen LogP contribution >= 0.6 is 0 Å². The van der Waals surface area contributed by atoms with Gasteiger partial charge in [0.1, 0.15) is 5.60 Å². The number of carbonyl (C=O) groups excluding carboxylic acids is 1. The third kappa shape index (κ3) is 2.90. The quantitative estimate of drug-likeness (QED) is 0.807. The van der Waals surface area contributed by atoms with Crippen molar-refractivity contribution in [1.29, 1.82) is 0 Å². The van der Waals surface area contributed by atoms with E-state index in [1.807, 2.05) is 25.7 Å². The number of aliphatic hydroxyl groups is 1. The summed E-state index contributed by atoms with van der Waals surface area (Å²) in [4.78, 5) is 14.4. The molecule has 3 fully saturated rings. The lowest BCUT2D eigenvalue weighted by Gasteiger charge is -2.55. The predicted octanol–water partition coefficient (Wildman–Crippen LogP) is 2.32. The first-order valence-electron chi connectivity index (χ1n) is 8.10. The number of ether oxygens (including phenoxy) is 2. The van der Waals surface area contributed by atoms with Gasteiger partial charge in [-0.2, -0.15) is 0 Å². The Labute approximate surface area is 126 Å². The molecule has 0 aliphatic carbocycles. The normalized spacial score (nSPS) is 37.0. The van der Waals surface area contributed by atoms with Crippen molar-refractivity contribution in [2.45, 2.75) is 76.2 Å². The largest absolute Gasteiger partial charge is 0.444 e. The fraction of sp³-hybridized carbons (Fsp3) is 0.938. The highest BCUT2D eigenvalue weighted by atomic mass is 16.6. The second-order valence-corrected chi connectivity index (χ2v) is 7.87. The molecule has 1 N–H and O–H groups in total. The predicted molar refractivity (Wildman–Crippen MR) is 78.0 cm³/mol. The molecule has 3 aliphatic heterocycles. The molecular weight excluding hydrogens is 270 g/mol. The Morgan fingerprint density at radius 2 is 1.81 bits per heavy atom. The molecule has 0 aromatic carbocycles. The lowest BCUT2D eigenvalue weighted by atomic mass is 9.69. The number of hydrogen-bond acceptors (Lipinski definition) is 4. The molecule has 0 aromatic rings. The summed E-state index contributed by atoms with van der Waals surface area (Å²) < 4.78 is 10.8. The van der Waals surface area contributed by atoms with Crippen LogP contribution in [-0.4, -0.2) is 52.6 Å². The fourth-order valence-electron chi connectivity index (χ4n) is 3.96. The summed E-state index contributed by atoms with van der Waals surface area (Å²) in [6.45, 7) is 7.00. The van der Waals surface area contributed by atoms with Gasteiger partial charge in [-0.05, 0) is 52.9 Å². The number of carbonyl (C=O) groups is 1. The Morgan fingerprint density at radius 1 is 1.24 bits per heavy atom. The average molecular weight is 297 g/mol. The second-order valence-electron chi connectivity index (χ2n) is 7.87. The number of nitrogens with zero attached hydrogens (tertiary/aromatic N) is 1. The molecule has 5 heteroatoms. The van der Waals surface area contributed by atoms with E-state index in [0.29, 0.717) is 26.1 Å². The van der Waals surface area contributed by atoms with E-state index in [9.17, 15) is 9.90 Å². The molecule has 3 heterocycles. The highest BCUT2D eigenvalue weighted by Crippen LogP contribution is 2.44. The lowest BCUT2D eigenvalue weighted by Crippen LogP contribution is -2.64. The minimum Gasteiger partial charge on any atom is -0.444 e. The molecule has 0 aromatic heterocycles. The summed E-state index contributed by atoms with van der Waals surface area (Å²) in [5.41, 5.74) is -1.13. The Morgan fingerprint density at radius 3 is 2.24 bits per heavy atom. The molecule has 3 aliphatic rings. The molecule has 2 bridgehead atoms. The van der Waals surface area contributed by atoms with Gasteiger partial charge >= 0.3 is 6.09 Å². The summed E-state index contributed by atoms with van der Waals surface area (Å²) in [7, 11) is 0. The van der Waals surface area contributed by atoms with E-state index < -0.39 is 11.2 Å². The van der Waals surface area contributed by atoms with Crippen LogP contribution in [0, 0.1) is 5.92 Å². The zero-order valence-corrected chi connectivity index (χ0v) is 13.3. The van der Waals surface area contributed by atoms with Crippen molar-refractivity contribution < 1.29 is 19.4 Å². The number of fused-ring (bicyclic) bond motifs is 2. The van der Waals surface area contributed by atoms with Gasteiger partial charge in [-0.1, -0.05) is 0 Å². The smallest absolute Gasteiger partial charge is 0.410 e. The van der Waals surface area contributed by atoms with Crippen molar-refractivity contribution in [3.05, 3.63) is 0 Å². The first kappa shape index (κ1) is 15.1. The minimum atomic E-state index is -0.660. The topological polar surface area (TPSA) is 59.0 Å². The van der Waals surface area contributed by atoms with Crippen LogP contribution in [0.1, 0.15) is 52.9 Å². The highest BCUT2D eigenvalue weighted by Gasteiger charge is 2.52. The summed E-state index contributed by atoms with van der Waals surface area (Å²) in [5, 5.41) is 11.0. The van der Waals surface area contributed by atoms with Gasteiger partial charge in [0.25, 0.3) is 0 Å². The van der Waals surface area contributed by atoms with E-state index >= 15 is 0 Å². The van der Waals surface area contributed by atoms with E-state index in [2.05, 4.69) is 0 Å². The van der Waals surface area contributed by atoms with Gasteiger partial charge < -0.3 is 19.5 Å². The Kier molecular flexibility index (Phi) is 3.69. The van der Waals surface area contributed by atoms with Crippen LogP contribution in [0.4, 0.5) is 4.79 Å². The maximum absolute atomic E-state index is 12.5. The summed E-state index contributed by atoms with van der Waals surface area (Å²) >= 11 is 0. The van der Waals surface area contributed by atoms with Gasteiger partial charge in [0.05, 0.1) is 18.8 Å². The molecule has 21 heavy (non-hydrogen) atoms. The van der Waals surface area contributed by atoms with Crippen molar-refractivity contribution >= 4 is 6.09 Å². The van der Waals surface area contributed by atoms with Crippen LogP contribution in [0.5, 0.6) is 0 Å². The molecule has 120 valence electrons. The Balaban J connectivity index is 1.74. The molecule has 1 amide bonds. The van der Waals surface area contributed by atoms with E-state index in [0.717, 1.165) is 19.3 Å². The molecule has 2 atom stereocenters. The van der Waals surface area contributed by atoms with Crippen molar-refractivity contribution in [2.75, 3.05) is 13.2 Å². The van der Waals surface area contributed by atoms with Crippen LogP contribution in [0.15, 0.2) is 0 Å². The zero-order valence-electron chi connectivity index (χ0n) is 13.3. The van der Waals surface area contributed by atoms with Gasteiger partial charge in [0.2, 0.25) is 0 Å². The van der Waals surface area contributed by atoms with Crippen molar-refractivity contribution in [3.8, 4) is 0 Å². The molecule has 0 spiro atoms. The minimum absolute atomic E-state index is 0.109. The first-order chi connectivity index (χ1) is 9.78. The third-order valence-corrected chi connectivity index (χ3v) is 5.04. The molecule has 5 nitrogen and oxygen atoms in total. The van der Waals surface area contributed by atoms with Crippen molar-refractivity contribution in [2.24, 2.45) is 5.92 Å². The maximum Gasteiger partial charge on any atom is 0.410 e. The molecule has 0 radical (unpaired) electrons.